The lowest BCUT2D eigenvalue weighted by atomic mass is 10.1. The topological polar surface area (TPSA) is 104 Å². The average molecular weight is 314 g/mol. The van der Waals surface area contributed by atoms with Gasteiger partial charge in [0.1, 0.15) is 0 Å². The number of hydrogen-bond acceptors (Lipinski definition) is 4. The number of hydrogen-bond donors (Lipinski definition) is 2. The molecule has 0 aromatic heterocycles. The SMILES string of the molecule is CCS(=O)(=O)N(C)CC(=O)Nc1ccc(C)c(C(=O)O)c1. The average Bonchev–Trinajstić information content (AvgIpc) is 2.40. The van der Waals surface area contributed by atoms with Gasteiger partial charge in [0.15, 0.2) is 0 Å². The Bertz CT molecular complexity index is 655. The summed E-state index contributed by atoms with van der Waals surface area (Å²) in [4.78, 5) is 22.8. The first-order valence-electron chi connectivity index (χ1n) is 6.25. The zero-order chi connectivity index (χ0) is 16.2. The molecule has 0 heterocycles. The molecular weight excluding hydrogens is 296 g/mol. The van der Waals surface area contributed by atoms with E-state index in [1.807, 2.05) is 0 Å². The first-order chi connectivity index (χ1) is 9.67. The Kier molecular flexibility index (Phi) is 5.45. The Morgan fingerprint density at radius 1 is 1.33 bits per heavy atom. The fourth-order valence-electron chi connectivity index (χ4n) is 1.65. The Hall–Kier alpha value is -1.93. The van der Waals surface area contributed by atoms with Gasteiger partial charge in [0, 0.05) is 12.7 Å². The number of nitrogens with one attached hydrogen (secondary N) is 1. The number of nitrogens with zero attached hydrogens (tertiary/aromatic N) is 1. The van der Waals surface area contributed by atoms with Crippen molar-refractivity contribution >= 4 is 27.6 Å². The number of amides is 1. The molecular formula is C13H18N2O5S. The van der Waals surface area contributed by atoms with E-state index >= 15 is 0 Å². The van der Waals surface area contributed by atoms with E-state index in [9.17, 15) is 18.0 Å². The van der Waals surface area contributed by atoms with Crippen LogP contribution >= 0.6 is 0 Å². The van der Waals surface area contributed by atoms with Crippen LogP contribution in [-0.2, 0) is 14.8 Å². The minimum absolute atomic E-state index is 0.0855. The van der Waals surface area contributed by atoms with Crippen molar-refractivity contribution in [1.82, 2.24) is 4.31 Å². The number of benzene rings is 1. The second kappa shape index (κ2) is 6.68. The lowest BCUT2D eigenvalue weighted by Gasteiger charge is -2.15. The molecule has 0 fully saturated rings. The second-order valence-electron chi connectivity index (χ2n) is 4.54. The zero-order valence-corrected chi connectivity index (χ0v) is 12.9. The third-order valence-corrected chi connectivity index (χ3v) is 4.77. The molecule has 8 heteroatoms. The van der Waals surface area contributed by atoms with Gasteiger partial charge in [-0.3, -0.25) is 4.79 Å². The molecule has 0 saturated carbocycles. The molecule has 0 saturated heterocycles. The molecule has 2 N–H and O–H groups in total. The summed E-state index contributed by atoms with van der Waals surface area (Å²) in [6, 6.07) is 4.48. The standard InChI is InChI=1S/C13H18N2O5S/c1-4-21(19,20)15(3)8-12(16)14-10-6-5-9(2)11(7-10)13(17)18/h5-7H,4,8H2,1-3H3,(H,14,16)(H,17,18). The minimum Gasteiger partial charge on any atom is -0.478 e. The van der Waals surface area contributed by atoms with Gasteiger partial charge in [-0.25, -0.2) is 13.2 Å². The molecule has 0 radical (unpaired) electrons. The Labute approximate surface area is 123 Å². The summed E-state index contributed by atoms with van der Waals surface area (Å²) in [5.74, 6) is -1.71. The van der Waals surface area contributed by atoms with Crippen LogP contribution in [-0.4, -0.2) is 49.1 Å². The molecule has 1 aromatic carbocycles. The molecule has 1 amide bonds. The Morgan fingerprint density at radius 3 is 2.48 bits per heavy atom. The molecule has 21 heavy (non-hydrogen) atoms. The van der Waals surface area contributed by atoms with Crippen molar-refractivity contribution in [2.75, 3.05) is 24.7 Å². The maximum absolute atomic E-state index is 11.8. The second-order valence-corrected chi connectivity index (χ2v) is 6.90. The van der Waals surface area contributed by atoms with Crippen LogP contribution in [0.4, 0.5) is 5.69 Å². The van der Waals surface area contributed by atoms with Crippen molar-refractivity contribution in [3.8, 4) is 0 Å². The monoisotopic (exact) mass is 314 g/mol. The van der Waals surface area contributed by atoms with Gasteiger partial charge in [-0.05, 0) is 31.5 Å². The van der Waals surface area contributed by atoms with Gasteiger partial charge in [-0.15, -0.1) is 0 Å². The van der Waals surface area contributed by atoms with Crippen LogP contribution in [0.25, 0.3) is 0 Å². The van der Waals surface area contributed by atoms with Crippen molar-refractivity contribution in [1.29, 1.82) is 0 Å². The van der Waals surface area contributed by atoms with Crippen LogP contribution in [0.1, 0.15) is 22.8 Å². The van der Waals surface area contributed by atoms with Crippen molar-refractivity contribution < 1.29 is 23.1 Å². The number of carboxylic acid groups (broad SMARTS) is 1. The summed E-state index contributed by atoms with van der Waals surface area (Å²) in [5.41, 5.74) is 0.971. The number of carbonyl (C=O) groups is 2. The van der Waals surface area contributed by atoms with E-state index in [0.29, 0.717) is 11.3 Å². The zero-order valence-electron chi connectivity index (χ0n) is 12.1. The molecule has 7 nitrogen and oxygen atoms in total. The predicted molar refractivity (Wildman–Crippen MR) is 78.9 cm³/mol. The highest BCUT2D eigenvalue weighted by Gasteiger charge is 2.18. The third kappa shape index (κ3) is 4.54. The van der Waals surface area contributed by atoms with Gasteiger partial charge in [-0.2, -0.15) is 4.31 Å². The number of likely N-dealkylation sites (N-methyl/N-ethyl adjacent to an activating group) is 1. The highest BCUT2D eigenvalue weighted by atomic mass is 32.2. The van der Waals surface area contributed by atoms with Gasteiger partial charge in [0.05, 0.1) is 17.9 Å². The quantitative estimate of drug-likeness (QED) is 0.812. The molecule has 1 rings (SSSR count). The molecule has 0 atom stereocenters. The predicted octanol–water partition coefficient (Wildman–Crippen LogP) is 0.913. The first kappa shape index (κ1) is 17.1. The molecule has 0 aliphatic rings. The fraction of sp³-hybridized carbons (Fsp3) is 0.385. The summed E-state index contributed by atoms with van der Waals surface area (Å²) in [6.07, 6.45) is 0. The third-order valence-electron chi connectivity index (χ3n) is 2.96. The lowest BCUT2D eigenvalue weighted by molar-refractivity contribution is -0.116. The molecule has 0 spiro atoms. The van der Waals surface area contributed by atoms with Crippen LogP contribution in [0.2, 0.25) is 0 Å². The number of rotatable bonds is 6. The fourth-order valence-corrected chi connectivity index (χ4v) is 2.41. The summed E-state index contributed by atoms with van der Waals surface area (Å²) in [7, 11) is -2.12. The maximum Gasteiger partial charge on any atom is 0.336 e. The lowest BCUT2D eigenvalue weighted by Crippen LogP contribution is -2.35. The number of aryl methyl sites for hydroxylation is 1. The van der Waals surface area contributed by atoms with Crippen LogP contribution in [0, 0.1) is 6.92 Å². The number of aromatic carboxylic acids is 1. The molecule has 1 aromatic rings. The normalized spacial score (nSPS) is 11.4. The van der Waals surface area contributed by atoms with Gasteiger partial charge in [0.2, 0.25) is 15.9 Å². The van der Waals surface area contributed by atoms with Crippen LogP contribution < -0.4 is 5.32 Å². The summed E-state index contributed by atoms with van der Waals surface area (Å²) < 4.78 is 24.0. The van der Waals surface area contributed by atoms with Crippen LogP contribution in [0.3, 0.4) is 0 Å². The smallest absolute Gasteiger partial charge is 0.336 e. The summed E-state index contributed by atoms with van der Waals surface area (Å²) in [5, 5.41) is 11.5. The van der Waals surface area contributed by atoms with E-state index in [-0.39, 0.29) is 17.9 Å². The van der Waals surface area contributed by atoms with Crippen molar-refractivity contribution in [3.63, 3.8) is 0 Å². The van der Waals surface area contributed by atoms with E-state index in [2.05, 4.69) is 5.32 Å². The molecule has 0 aliphatic carbocycles. The van der Waals surface area contributed by atoms with E-state index in [4.69, 9.17) is 5.11 Å². The Morgan fingerprint density at radius 2 is 1.95 bits per heavy atom. The van der Waals surface area contributed by atoms with E-state index in [1.54, 1.807) is 19.1 Å². The van der Waals surface area contributed by atoms with E-state index in [1.165, 1.54) is 20.0 Å². The van der Waals surface area contributed by atoms with Gasteiger partial charge in [-0.1, -0.05) is 6.07 Å². The first-order valence-corrected chi connectivity index (χ1v) is 7.86. The molecule has 0 aliphatic heterocycles. The highest BCUT2D eigenvalue weighted by molar-refractivity contribution is 7.89. The summed E-state index contributed by atoms with van der Waals surface area (Å²) >= 11 is 0. The molecule has 0 unspecified atom stereocenters. The maximum atomic E-state index is 11.8. The molecule has 0 bridgehead atoms. The Balaban J connectivity index is 2.81. The van der Waals surface area contributed by atoms with Crippen LogP contribution in [0.5, 0.6) is 0 Å². The van der Waals surface area contributed by atoms with Gasteiger partial charge < -0.3 is 10.4 Å². The number of sulfonamides is 1. The molecule has 116 valence electrons. The minimum atomic E-state index is -3.44. The number of anilines is 1. The number of carbonyl (C=O) groups excluding carboxylic acids is 1. The van der Waals surface area contributed by atoms with Crippen molar-refractivity contribution in [2.24, 2.45) is 0 Å². The van der Waals surface area contributed by atoms with Gasteiger partial charge >= 0.3 is 5.97 Å². The van der Waals surface area contributed by atoms with Gasteiger partial charge in [0.25, 0.3) is 0 Å². The van der Waals surface area contributed by atoms with E-state index in [0.717, 1.165) is 4.31 Å². The van der Waals surface area contributed by atoms with Crippen LogP contribution in [0.15, 0.2) is 18.2 Å². The van der Waals surface area contributed by atoms with Crippen molar-refractivity contribution in [3.05, 3.63) is 29.3 Å². The summed E-state index contributed by atoms with van der Waals surface area (Å²) in [6.45, 7) is 2.81. The van der Waals surface area contributed by atoms with E-state index < -0.39 is 21.9 Å². The highest BCUT2D eigenvalue weighted by Crippen LogP contribution is 2.15. The van der Waals surface area contributed by atoms with Crippen molar-refractivity contribution in [2.45, 2.75) is 13.8 Å². The number of carboxylic acids is 1. The largest absolute Gasteiger partial charge is 0.478 e.